The van der Waals surface area contributed by atoms with Gasteiger partial charge in [-0.1, -0.05) is 72.8 Å². The Labute approximate surface area is 142 Å². The second kappa shape index (κ2) is 6.58. The topological polar surface area (TPSA) is 3.24 Å². The fraction of sp³-hybridized carbons (Fsp3) is 0.182. The maximum absolute atomic E-state index is 13.5. The number of hydrogen-bond acceptors (Lipinski definition) is 1. The molecule has 1 saturated heterocycles. The van der Waals surface area contributed by atoms with Crippen molar-refractivity contribution in [1.29, 1.82) is 0 Å². The van der Waals surface area contributed by atoms with E-state index in [-0.39, 0.29) is 11.9 Å². The molecular weight excluding hydrogens is 297 g/mol. The van der Waals surface area contributed by atoms with E-state index in [1.165, 1.54) is 17.2 Å². The minimum absolute atomic E-state index is 0.145. The Morgan fingerprint density at radius 1 is 0.750 bits per heavy atom. The van der Waals surface area contributed by atoms with Crippen LogP contribution in [-0.2, 0) is 0 Å². The molecule has 1 aliphatic heterocycles. The minimum Gasteiger partial charge on any atom is -0.291 e. The summed E-state index contributed by atoms with van der Waals surface area (Å²) in [6, 6.07) is 28.5. The lowest BCUT2D eigenvalue weighted by atomic mass is 9.86. The molecule has 1 fully saturated rings. The average Bonchev–Trinajstić information content (AvgIpc) is 2.59. The van der Waals surface area contributed by atoms with Gasteiger partial charge in [0.15, 0.2) is 0 Å². The van der Waals surface area contributed by atoms with Crippen LogP contribution in [0.1, 0.15) is 28.7 Å². The standard InChI is InChI=1S/C22H20FN/c23-21-13-7-12-19(14-21)20-15-24(16-20)22(17-8-3-1-4-9-17)18-10-5-2-6-11-18/h1-14,20,22H,15-16H2. The third-order valence-electron chi connectivity index (χ3n) is 4.83. The molecule has 2 heteroatoms. The highest BCUT2D eigenvalue weighted by atomic mass is 19.1. The molecular formula is C22H20FN. The number of hydrogen-bond donors (Lipinski definition) is 0. The Hall–Kier alpha value is -2.45. The maximum Gasteiger partial charge on any atom is 0.123 e. The summed E-state index contributed by atoms with van der Waals surface area (Å²) in [5, 5.41) is 0. The first-order chi connectivity index (χ1) is 11.8. The van der Waals surface area contributed by atoms with Crippen molar-refractivity contribution in [3.63, 3.8) is 0 Å². The van der Waals surface area contributed by atoms with Crippen LogP contribution in [0.3, 0.4) is 0 Å². The van der Waals surface area contributed by atoms with Crippen molar-refractivity contribution in [2.24, 2.45) is 0 Å². The molecule has 4 rings (SSSR count). The van der Waals surface area contributed by atoms with Gasteiger partial charge in [0.05, 0.1) is 6.04 Å². The van der Waals surface area contributed by atoms with E-state index in [9.17, 15) is 4.39 Å². The summed E-state index contributed by atoms with van der Waals surface area (Å²) in [4.78, 5) is 2.47. The van der Waals surface area contributed by atoms with Gasteiger partial charge in [-0.2, -0.15) is 0 Å². The van der Waals surface area contributed by atoms with E-state index >= 15 is 0 Å². The largest absolute Gasteiger partial charge is 0.291 e. The van der Waals surface area contributed by atoms with Gasteiger partial charge in [0.1, 0.15) is 5.82 Å². The van der Waals surface area contributed by atoms with Gasteiger partial charge in [0.25, 0.3) is 0 Å². The quantitative estimate of drug-likeness (QED) is 0.653. The van der Waals surface area contributed by atoms with Gasteiger partial charge in [-0.15, -0.1) is 0 Å². The van der Waals surface area contributed by atoms with Gasteiger partial charge in [0.2, 0.25) is 0 Å². The average molecular weight is 317 g/mol. The summed E-state index contributed by atoms with van der Waals surface area (Å²) < 4.78 is 13.5. The van der Waals surface area contributed by atoms with Crippen LogP contribution in [0.5, 0.6) is 0 Å². The molecule has 0 spiro atoms. The molecule has 0 bridgehead atoms. The summed E-state index contributed by atoms with van der Waals surface area (Å²) >= 11 is 0. The van der Waals surface area contributed by atoms with Crippen LogP contribution in [-0.4, -0.2) is 18.0 Å². The zero-order valence-corrected chi connectivity index (χ0v) is 13.5. The molecule has 120 valence electrons. The van der Waals surface area contributed by atoms with Crippen molar-refractivity contribution < 1.29 is 4.39 Å². The molecule has 0 amide bonds. The first kappa shape index (κ1) is 15.1. The Morgan fingerprint density at radius 2 is 1.33 bits per heavy atom. The van der Waals surface area contributed by atoms with Crippen molar-refractivity contribution in [3.05, 3.63) is 107 Å². The maximum atomic E-state index is 13.5. The highest BCUT2D eigenvalue weighted by Gasteiger charge is 2.34. The van der Waals surface area contributed by atoms with E-state index in [2.05, 4.69) is 65.6 Å². The minimum atomic E-state index is -0.145. The third-order valence-corrected chi connectivity index (χ3v) is 4.83. The first-order valence-electron chi connectivity index (χ1n) is 8.40. The third kappa shape index (κ3) is 2.98. The molecule has 0 aliphatic carbocycles. The van der Waals surface area contributed by atoms with Gasteiger partial charge in [-0.3, -0.25) is 4.90 Å². The van der Waals surface area contributed by atoms with E-state index < -0.39 is 0 Å². The number of rotatable bonds is 4. The van der Waals surface area contributed by atoms with Crippen LogP contribution < -0.4 is 0 Å². The van der Waals surface area contributed by atoms with Crippen LogP contribution in [0.25, 0.3) is 0 Å². The lowest BCUT2D eigenvalue weighted by Gasteiger charge is -2.45. The second-order valence-electron chi connectivity index (χ2n) is 6.43. The fourth-order valence-electron chi connectivity index (χ4n) is 3.58. The van der Waals surface area contributed by atoms with Crippen LogP contribution in [0.15, 0.2) is 84.9 Å². The second-order valence-corrected chi connectivity index (χ2v) is 6.43. The van der Waals surface area contributed by atoms with Crippen molar-refractivity contribution in [2.45, 2.75) is 12.0 Å². The summed E-state index contributed by atoms with van der Waals surface area (Å²) in [6.45, 7) is 1.91. The molecule has 0 atom stereocenters. The van der Waals surface area contributed by atoms with E-state index in [1.54, 1.807) is 12.1 Å². The smallest absolute Gasteiger partial charge is 0.123 e. The molecule has 0 unspecified atom stereocenters. The van der Waals surface area contributed by atoms with Crippen molar-refractivity contribution in [1.82, 2.24) is 4.90 Å². The van der Waals surface area contributed by atoms with E-state index in [1.807, 2.05) is 6.07 Å². The summed E-state index contributed by atoms with van der Waals surface area (Å²) in [5.74, 6) is 0.268. The molecule has 0 N–H and O–H groups in total. The predicted molar refractivity (Wildman–Crippen MR) is 95.4 cm³/mol. The Bertz CT molecular complexity index is 755. The number of benzene rings is 3. The number of halogens is 1. The van der Waals surface area contributed by atoms with Gasteiger partial charge in [0, 0.05) is 19.0 Å². The monoisotopic (exact) mass is 317 g/mol. The zero-order valence-electron chi connectivity index (χ0n) is 13.5. The van der Waals surface area contributed by atoms with Crippen molar-refractivity contribution >= 4 is 0 Å². The molecule has 3 aromatic rings. The Morgan fingerprint density at radius 3 is 1.88 bits per heavy atom. The first-order valence-corrected chi connectivity index (χ1v) is 8.40. The predicted octanol–water partition coefficient (Wildman–Crippen LogP) is 5.01. The van der Waals surface area contributed by atoms with Crippen molar-refractivity contribution in [2.75, 3.05) is 13.1 Å². The van der Waals surface area contributed by atoms with Gasteiger partial charge in [-0.25, -0.2) is 4.39 Å². The van der Waals surface area contributed by atoms with Crippen LogP contribution >= 0.6 is 0 Å². The molecule has 0 saturated carbocycles. The Kier molecular flexibility index (Phi) is 4.14. The van der Waals surface area contributed by atoms with Crippen LogP contribution in [0, 0.1) is 5.82 Å². The highest BCUT2D eigenvalue weighted by Crippen LogP contribution is 2.38. The molecule has 0 aromatic heterocycles. The summed E-state index contributed by atoms with van der Waals surface area (Å²) in [6.07, 6.45) is 0. The SMILES string of the molecule is Fc1cccc(C2CN(C(c3ccccc3)c3ccccc3)C2)c1. The Balaban J connectivity index is 1.58. The zero-order chi connectivity index (χ0) is 16.4. The lowest BCUT2D eigenvalue weighted by molar-refractivity contribution is 0.111. The molecule has 3 aromatic carbocycles. The molecule has 24 heavy (non-hydrogen) atoms. The van der Waals surface area contributed by atoms with Crippen molar-refractivity contribution in [3.8, 4) is 0 Å². The fourth-order valence-corrected chi connectivity index (χ4v) is 3.58. The lowest BCUT2D eigenvalue weighted by Crippen LogP contribution is -2.47. The summed E-state index contributed by atoms with van der Waals surface area (Å²) in [7, 11) is 0. The number of likely N-dealkylation sites (tertiary alicyclic amines) is 1. The number of nitrogens with zero attached hydrogens (tertiary/aromatic N) is 1. The highest BCUT2D eigenvalue weighted by molar-refractivity contribution is 5.34. The summed E-state index contributed by atoms with van der Waals surface area (Å²) in [5.41, 5.74) is 3.72. The molecule has 1 nitrogen and oxygen atoms in total. The van der Waals surface area contributed by atoms with E-state index in [4.69, 9.17) is 0 Å². The van der Waals surface area contributed by atoms with Gasteiger partial charge >= 0.3 is 0 Å². The van der Waals surface area contributed by atoms with E-state index in [0.29, 0.717) is 5.92 Å². The van der Waals surface area contributed by atoms with Gasteiger partial charge in [-0.05, 0) is 28.8 Å². The molecule has 1 heterocycles. The van der Waals surface area contributed by atoms with Crippen LogP contribution in [0.2, 0.25) is 0 Å². The normalized spacial score (nSPS) is 15.4. The molecule has 1 aliphatic rings. The van der Waals surface area contributed by atoms with E-state index in [0.717, 1.165) is 18.7 Å². The van der Waals surface area contributed by atoms with Gasteiger partial charge < -0.3 is 0 Å². The van der Waals surface area contributed by atoms with Crippen LogP contribution in [0.4, 0.5) is 4.39 Å². The molecule has 0 radical (unpaired) electrons.